The van der Waals surface area contributed by atoms with Gasteiger partial charge in [-0.05, 0) is 38.5 Å². The predicted octanol–water partition coefficient (Wildman–Crippen LogP) is 5.00. The van der Waals surface area contributed by atoms with Gasteiger partial charge >= 0.3 is 0 Å². The standard InChI is InChI=1S/C28H29N5O4S3/c1-5-14-33-23(16-40(36,37)21-12-8-18(3)9-13-21)31-32-28(33)39-19(4)26(35)30-27-24(25(29)34)22(15-38-27)20-10-6-17(2)7-11-20/h5-13,15,19H,1,14,16H2,2-4H3,(H2,29,34)(H,30,35). The molecule has 208 valence electrons. The van der Waals surface area contributed by atoms with E-state index in [1.54, 1.807) is 47.2 Å². The number of nitrogens with two attached hydrogens (primary N) is 1. The number of hydrogen-bond donors (Lipinski definition) is 2. The predicted molar refractivity (Wildman–Crippen MR) is 159 cm³/mol. The molecule has 0 aliphatic carbocycles. The zero-order chi connectivity index (χ0) is 29.0. The second-order valence-electron chi connectivity index (χ2n) is 9.20. The highest BCUT2D eigenvalue weighted by Gasteiger charge is 2.26. The Hall–Kier alpha value is -3.74. The molecule has 2 heterocycles. The molecule has 0 saturated heterocycles. The number of carbonyl (C=O) groups excluding carboxylic acids is 2. The van der Waals surface area contributed by atoms with E-state index >= 15 is 0 Å². The number of thiophene rings is 1. The molecular formula is C28H29N5O4S3. The molecule has 0 fully saturated rings. The maximum atomic E-state index is 13.1. The molecular weight excluding hydrogens is 567 g/mol. The van der Waals surface area contributed by atoms with Crippen molar-refractivity contribution >= 4 is 49.8 Å². The lowest BCUT2D eigenvalue weighted by Crippen LogP contribution is -2.24. The maximum absolute atomic E-state index is 13.1. The molecule has 1 atom stereocenters. The van der Waals surface area contributed by atoms with E-state index < -0.39 is 21.0 Å². The summed E-state index contributed by atoms with van der Waals surface area (Å²) < 4.78 is 27.6. The van der Waals surface area contributed by atoms with Crippen LogP contribution in [0.15, 0.2) is 76.6 Å². The monoisotopic (exact) mass is 595 g/mol. The number of aromatic nitrogens is 3. The Bertz CT molecular complexity index is 1660. The van der Waals surface area contributed by atoms with Gasteiger partial charge in [0, 0.05) is 17.5 Å². The van der Waals surface area contributed by atoms with E-state index in [9.17, 15) is 18.0 Å². The number of anilines is 1. The van der Waals surface area contributed by atoms with Crippen LogP contribution in [0.25, 0.3) is 11.1 Å². The maximum Gasteiger partial charge on any atom is 0.252 e. The Balaban J connectivity index is 1.52. The molecule has 0 spiro atoms. The Labute approximate surface area is 241 Å². The minimum atomic E-state index is -3.67. The largest absolute Gasteiger partial charge is 0.365 e. The number of hydrogen-bond acceptors (Lipinski definition) is 8. The summed E-state index contributed by atoms with van der Waals surface area (Å²) in [5, 5.41) is 13.0. The zero-order valence-corrected chi connectivity index (χ0v) is 24.7. The van der Waals surface area contributed by atoms with Crippen LogP contribution in [0.1, 0.15) is 34.2 Å². The first-order chi connectivity index (χ1) is 19.0. The number of benzene rings is 2. The van der Waals surface area contributed by atoms with Crippen molar-refractivity contribution in [1.29, 1.82) is 0 Å². The molecule has 3 N–H and O–H groups in total. The number of nitrogens with one attached hydrogen (secondary N) is 1. The fraction of sp³-hybridized carbons (Fsp3) is 0.214. The van der Waals surface area contributed by atoms with E-state index in [0.29, 0.717) is 15.7 Å². The molecule has 2 aromatic carbocycles. The third-order valence-electron chi connectivity index (χ3n) is 6.09. The van der Waals surface area contributed by atoms with Gasteiger partial charge < -0.3 is 15.6 Å². The SMILES string of the molecule is C=CCn1c(CS(=O)(=O)c2ccc(C)cc2)nnc1SC(C)C(=O)Nc1scc(-c2ccc(C)cc2)c1C(N)=O. The van der Waals surface area contributed by atoms with Crippen molar-refractivity contribution in [2.45, 2.75) is 48.4 Å². The number of sulfone groups is 1. The average molecular weight is 596 g/mol. The van der Waals surface area contributed by atoms with Crippen LogP contribution in [0, 0.1) is 13.8 Å². The third-order valence-corrected chi connectivity index (χ3v) is 9.70. The smallest absolute Gasteiger partial charge is 0.252 e. The van der Waals surface area contributed by atoms with Crippen LogP contribution in [0.2, 0.25) is 0 Å². The number of amides is 2. The van der Waals surface area contributed by atoms with Gasteiger partial charge in [-0.15, -0.1) is 28.1 Å². The minimum absolute atomic E-state index is 0.194. The van der Waals surface area contributed by atoms with Crippen molar-refractivity contribution in [3.05, 3.63) is 89.1 Å². The van der Waals surface area contributed by atoms with E-state index in [-0.39, 0.29) is 34.5 Å². The second-order valence-corrected chi connectivity index (χ2v) is 13.4. The Morgan fingerprint density at radius 2 is 1.73 bits per heavy atom. The molecule has 0 aliphatic heterocycles. The lowest BCUT2D eigenvalue weighted by atomic mass is 10.0. The molecule has 1 unspecified atom stereocenters. The van der Waals surface area contributed by atoms with Crippen LogP contribution in [0.3, 0.4) is 0 Å². The number of carbonyl (C=O) groups is 2. The quantitative estimate of drug-likeness (QED) is 0.184. The van der Waals surface area contributed by atoms with Gasteiger partial charge in [0.1, 0.15) is 16.6 Å². The Kier molecular flexibility index (Phi) is 8.92. The summed E-state index contributed by atoms with van der Waals surface area (Å²) in [6.07, 6.45) is 1.61. The Morgan fingerprint density at radius 3 is 2.33 bits per heavy atom. The molecule has 12 heteroatoms. The van der Waals surface area contributed by atoms with Crippen molar-refractivity contribution in [2.75, 3.05) is 5.32 Å². The molecule has 4 aromatic rings. The normalized spacial score (nSPS) is 12.2. The van der Waals surface area contributed by atoms with Gasteiger partial charge in [-0.3, -0.25) is 9.59 Å². The first-order valence-electron chi connectivity index (χ1n) is 12.3. The van der Waals surface area contributed by atoms with Gasteiger partial charge in [0.05, 0.1) is 15.7 Å². The van der Waals surface area contributed by atoms with Crippen LogP contribution < -0.4 is 11.1 Å². The topological polar surface area (TPSA) is 137 Å². The van der Waals surface area contributed by atoms with Gasteiger partial charge in [0.15, 0.2) is 15.0 Å². The average Bonchev–Trinajstić information content (AvgIpc) is 3.49. The summed E-state index contributed by atoms with van der Waals surface area (Å²) in [6.45, 7) is 9.56. The minimum Gasteiger partial charge on any atom is -0.365 e. The number of allylic oxidation sites excluding steroid dienone is 1. The van der Waals surface area contributed by atoms with E-state index in [1.807, 2.05) is 38.1 Å². The van der Waals surface area contributed by atoms with Crippen LogP contribution in [-0.2, 0) is 26.9 Å². The van der Waals surface area contributed by atoms with E-state index in [2.05, 4.69) is 22.1 Å². The first kappa shape index (κ1) is 29.2. The number of thioether (sulfide) groups is 1. The van der Waals surface area contributed by atoms with Gasteiger partial charge in [-0.25, -0.2) is 8.42 Å². The fourth-order valence-electron chi connectivity index (χ4n) is 3.89. The molecule has 40 heavy (non-hydrogen) atoms. The summed E-state index contributed by atoms with van der Waals surface area (Å²) in [4.78, 5) is 25.7. The van der Waals surface area contributed by atoms with Crippen molar-refractivity contribution < 1.29 is 18.0 Å². The second kappa shape index (κ2) is 12.2. The van der Waals surface area contributed by atoms with E-state index in [1.165, 1.54) is 11.3 Å². The Morgan fingerprint density at radius 1 is 1.10 bits per heavy atom. The third kappa shape index (κ3) is 6.52. The summed E-state index contributed by atoms with van der Waals surface area (Å²) in [5.41, 5.74) is 9.45. The van der Waals surface area contributed by atoms with Crippen LogP contribution >= 0.6 is 23.1 Å². The van der Waals surface area contributed by atoms with Gasteiger partial charge in [-0.1, -0.05) is 65.4 Å². The summed E-state index contributed by atoms with van der Waals surface area (Å²) in [6, 6.07) is 14.3. The first-order valence-corrected chi connectivity index (χ1v) is 15.7. The number of aryl methyl sites for hydroxylation is 2. The van der Waals surface area contributed by atoms with Crippen molar-refractivity contribution in [2.24, 2.45) is 5.73 Å². The zero-order valence-electron chi connectivity index (χ0n) is 22.2. The van der Waals surface area contributed by atoms with Crippen LogP contribution in [-0.4, -0.2) is 40.2 Å². The highest BCUT2D eigenvalue weighted by atomic mass is 32.2. The van der Waals surface area contributed by atoms with Crippen LogP contribution in [0.5, 0.6) is 0 Å². The van der Waals surface area contributed by atoms with Crippen molar-refractivity contribution in [1.82, 2.24) is 14.8 Å². The fourth-order valence-corrected chi connectivity index (χ4v) is 7.02. The highest BCUT2D eigenvalue weighted by Crippen LogP contribution is 2.36. The summed E-state index contributed by atoms with van der Waals surface area (Å²) in [7, 11) is -3.67. The van der Waals surface area contributed by atoms with Gasteiger partial charge in [-0.2, -0.15) is 0 Å². The number of rotatable bonds is 11. The molecule has 0 aliphatic rings. The lowest BCUT2D eigenvalue weighted by molar-refractivity contribution is -0.115. The number of primary amides is 1. The summed E-state index contributed by atoms with van der Waals surface area (Å²) >= 11 is 2.35. The molecule has 4 rings (SSSR count). The van der Waals surface area contributed by atoms with E-state index in [4.69, 9.17) is 5.73 Å². The molecule has 0 saturated carbocycles. The molecule has 9 nitrogen and oxygen atoms in total. The lowest BCUT2D eigenvalue weighted by Gasteiger charge is -2.13. The molecule has 0 radical (unpaired) electrons. The summed E-state index contributed by atoms with van der Waals surface area (Å²) in [5.74, 6) is -1.12. The van der Waals surface area contributed by atoms with E-state index in [0.717, 1.165) is 28.5 Å². The molecule has 2 amide bonds. The van der Waals surface area contributed by atoms with Crippen molar-refractivity contribution in [3.63, 3.8) is 0 Å². The van der Waals surface area contributed by atoms with Gasteiger partial charge in [0.2, 0.25) is 5.91 Å². The van der Waals surface area contributed by atoms with Gasteiger partial charge in [0.25, 0.3) is 5.91 Å². The van der Waals surface area contributed by atoms with Crippen molar-refractivity contribution in [3.8, 4) is 11.1 Å². The number of nitrogens with zero attached hydrogens (tertiary/aromatic N) is 3. The van der Waals surface area contributed by atoms with Crippen LogP contribution in [0.4, 0.5) is 5.00 Å². The molecule has 2 aromatic heterocycles. The molecule has 0 bridgehead atoms. The highest BCUT2D eigenvalue weighted by molar-refractivity contribution is 8.00.